The average Bonchev–Trinajstić information content (AvgIpc) is 3.04. The Labute approximate surface area is 127 Å². The minimum atomic E-state index is 0.126. The van der Waals surface area contributed by atoms with Crippen LogP contribution in [-0.4, -0.2) is 30.8 Å². The van der Waals surface area contributed by atoms with Crippen molar-refractivity contribution in [3.05, 3.63) is 29.3 Å². The molecule has 4 heteroatoms. The van der Waals surface area contributed by atoms with E-state index in [1.54, 1.807) is 0 Å². The summed E-state index contributed by atoms with van der Waals surface area (Å²) in [5, 5.41) is 22.1. The maximum absolute atomic E-state index is 9.47. The fourth-order valence-electron chi connectivity index (χ4n) is 3.13. The Morgan fingerprint density at radius 3 is 2.76 bits per heavy atom. The Morgan fingerprint density at radius 2 is 2.14 bits per heavy atom. The number of hydrogen-bond acceptors (Lipinski definition) is 4. The molecule has 0 aromatic heterocycles. The molecule has 21 heavy (non-hydrogen) atoms. The second-order valence-corrected chi connectivity index (χ2v) is 5.60. The van der Waals surface area contributed by atoms with E-state index in [4.69, 9.17) is 0 Å². The van der Waals surface area contributed by atoms with Gasteiger partial charge >= 0.3 is 0 Å². The van der Waals surface area contributed by atoms with Crippen LogP contribution in [0.15, 0.2) is 18.2 Å². The summed E-state index contributed by atoms with van der Waals surface area (Å²) in [6, 6.07) is 8.88. The summed E-state index contributed by atoms with van der Waals surface area (Å²) in [6.45, 7) is 4.51. The van der Waals surface area contributed by atoms with Crippen LogP contribution in [0, 0.1) is 11.3 Å². The summed E-state index contributed by atoms with van der Waals surface area (Å²) in [5.41, 5.74) is 2.82. The van der Waals surface area contributed by atoms with E-state index in [0.29, 0.717) is 18.2 Å². The molecule has 0 aliphatic heterocycles. The molecule has 0 amide bonds. The molecule has 1 aliphatic carbocycles. The van der Waals surface area contributed by atoms with Gasteiger partial charge in [-0.2, -0.15) is 5.26 Å². The maximum Gasteiger partial charge on any atom is 0.101 e. The third-order valence-electron chi connectivity index (χ3n) is 4.18. The Bertz CT molecular complexity index is 489. The van der Waals surface area contributed by atoms with Crippen LogP contribution in [0.5, 0.6) is 0 Å². The molecule has 1 fully saturated rings. The Kier molecular flexibility index (Phi) is 6.04. The molecule has 0 heterocycles. The van der Waals surface area contributed by atoms with E-state index in [1.807, 2.05) is 12.1 Å². The van der Waals surface area contributed by atoms with E-state index in [1.165, 1.54) is 12.8 Å². The summed E-state index contributed by atoms with van der Waals surface area (Å²) >= 11 is 0. The molecule has 0 radical (unpaired) electrons. The molecule has 1 aromatic rings. The summed E-state index contributed by atoms with van der Waals surface area (Å²) in [5.74, 6) is 0. The van der Waals surface area contributed by atoms with Gasteiger partial charge in [-0.15, -0.1) is 0 Å². The third kappa shape index (κ3) is 3.96. The number of aliphatic hydroxyl groups is 1. The minimum absolute atomic E-state index is 0.126. The molecular weight excluding hydrogens is 262 g/mol. The molecule has 0 atom stereocenters. The summed E-state index contributed by atoms with van der Waals surface area (Å²) in [7, 11) is 0. The number of benzene rings is 1. The van der Waals surface area contributed by atoms with Crippen LogP contribution in [0.25, 0.3) is 0 Å². The van der Waals surface area contributed by atoms with Gasteiger partial charge in [0.05, 0.1) is 17.9 Å². The average molecular weight is 287 g/mol. The lowest BCUT2D eigenvalue weighted by Crippen LogP contribution is -2.36. The Morgan fingerprint density at radius 1 is 1.38 bits per heavy atom. The van der Waals surface area contributed by atoms with Crippen molar-refractivity contribution < 1.29 is 5.11 Å². The monoisotopic (exact) mass is 287 g/mol. The van der Waals surface area contributed by atoms with Crippen molar-refractivity contribution in [2.75, 3.05) is 24.6 Å². The second kappa shape index (κ2) is 8.02. The quantitative estimate of drug-likeness (QED) is 0.808. The zero-order valence-electron chi connectivity index (χ0n) is 12.8. The number of rotatable bonds is 7. The van der Waals surface area contributed by atoms with Gasteiger partial charge in [0.25, 0.3) is 0 Å². The van der Waals surface area contributed by atoms with Gasteiger partial charge in [0.2, 0.25) is 0 Å². The molecule has 2 N–H and O–H groups in total. The van der Waals surface area contributed by atoms with Crippen molar-refractivity contribution in [3.8, 4) is 6.07 Å². The first-order valence-electron chi connectivity index (χ1n) is 7.91. The molecule has 0 unspecified atom stereocenters. The topological polar surface area (TPSA) is 59.3 Å². The second-order valence-electron chi connectivity index (χ2n) is 5.60. The Balaban J connectivity index is 2.24. The standard InChI is InChI=1S/C17H25N3O/c1-2-19-13-14-7-8-17(15(11-14)12-18)20(9-10-21)16-5-3-4-6-16/h7-8,11,16,19,21H,2-6,9-10,13H2,1H3. The molecule has 114 valence electrons. The van der Waals surface area contributed by atoms with Crippen molar-refractivity contribution in [2.45, 2.75) is 45.2 Å². The molecule has 0 saturated heterocycles. The van der Waals surface area contributed by atoms with Crippen molar-refractivity contribution in [1.82, 2.24) is 5.32 Å². The summed E-state index contributed by atoms with van der Waals surface area (Å²) in [6.07, 6.45) is 4.80. The first kappa shape index (κ1) is 15.8. The lowest BCUT2D eigenvalue weighted by molar-refractivity contribution is 0.297. The van der Waals surface area contributed by atoms with Crippen LogP contribution in [-0.2, 0) is 6.54 Å². The highest BCUT2D eigenvalue weighted by atomic mass is 16.3. The molecule has 4 nitrogen and oxygen atoms in total. The van der Waals surface area contributed by atoms with Crippen LogP contribution >= 0.6 is 0 Å². The van der Waals surface area contributed by atoms with Crippen molar-refractivity contribution >= 4 is 5.69 Å². The minimum Gasteiger partial charge on any atom is -0.395 e. The van der Waals surface area contributed by atoms with E-state index >= 15 is 0 Å². The molecule has 1 aromatic carbocycles. The molecule has 1 saturated carbocycles. The van der Waals surface area contributed by atoms with Crippen LogP contribution in [0.4, 0.5) is 5.69 Å². The van der Waals surface area contributed by atoms with Gasteiger partial charge in [0.15, 0.2) is 0 Å². The maximum atomic E-state index is 9.47. The zero-order chi connectivity index (χ0) is 15.1. The van der Waals surface area contributed by atoms with Crippen LogP contribution in [0.1, 0.15) is 43.7 Å². The molecule has 1 aliphatic rings. The molecule has 2 rings (SSSR count). The van der Waals surface area contributed by atoms with E-state index in [0.717, 1.165) is 37.2 Å². The largest absolute Gasteiger partial charge is 0.395 e. The van der Waals surface area contributed by atoms with Gasteiger partial charge in [-0.05, 0) is 37.1 Å². The van der Waals surface area contributed by atoms with E-state index < -0.39 is 0 Å². The lowest BCUT2D eigenvalue weighted by Gasteiger charge is -2.31. The van der Waals surface area contributed by atoms with E-state index in [2.05, 4.69) is 29.3 Å². The normalized spacial score (nSPS) is 15.1. The van der Waals surface area contributed by atoms with E-state index in [-0.39, 0.29) is 6.61 Å². The van der Waals surface area contributed by atoms with Gasteiger partial charge < -0.3 is 15.3 Å². The van der Waals surface area contributed by atoms with Crippen molar-refractivity contribution in [3.63, 3.8) is 0 Å². The fourth-order valence-corrected chi connectivity index (χ4v) is 3.13. The SMILES string of the molecule is CCNCc1ccc(N(CCO)C2CCCC2)c(C#N)c1. The van der Waals surface area contributed by atoms with Crippen molar-refractivity contribution in [2.24, 2.45) is 0 Å². The van der Waals surface area contributed by atoms with Crippen LogP contribution in [0.2, 0.25) is 0 Å². The lowest BCUT2D eigenvalue weighted by atomic mass is 10.1. The summed E-state index contributed by atoms with van der Waals surface area (Å²) < 4.78 is 0. The first-order chi connectivity index (χ1) is 10.3. The predicted molar refractivity (Wildman–Crippen MR) is 85.2 cm³/mol. The highest BCUT2D eigenvalue weighted by Gasteiger charge is 2.24. The number of nitrogens with zero attached hydrogens (tertiary/aromatic N) is 2. The van der Waals surface area contributed by atoms with Gasteiger partial charge in [0, 0.05) is 19.1 Å². The highest BCUT2D eigenvalue weighted by molar-refractivity contribution is 5.61. The van der Waals surface area contributed by atoms with Gasteiger partial charge in [-0.1, -0.05) is 25.8 Å². The first-order valence-corrected chi connectivity index (χ1v) is 7.91. The number of nitriles is 1. The summed E-state index contributed by atoms with van der Waals surface area (Å²) in [4.78, 5) is 2.22. The molecular formula is C17H25N3O. The number of hydrogen-bond donors (Lipinski definition) is 2. The van der Waals surface area contributed by atoms with Gasteiger partial charge in [-0.25, -0.2) is 0 Å². The van der Waals surface area contributed by atoms with Gasteiger partial charge in [0.1, 0.15) is 6.07 Å². The van der Waals surface area contributed by atoms with Crippen LogP contribution in [0.3, 0.4) is 0 Å². The highest BCUT2D eigenvalue weighted by Crippen LogP contribution is 2.30. The molecule has 0 bridgehead atoms. The Hall–Kier alpha value is -1.57. The molecule has 0 spiro atoms. The van der Waals surface area contributed by atoms with E-state index in [9.17, 15) is 10.4 Å². The number of anilines is 1. The smallest absolute Gasteiger partial charge is 0.101 e. The van der Waals surface area contributed by atoms with Crippen LogP contribution < -0.4 is 10.2 Å². The fraction of sp³-hybridized carbons (Fsp3) is 0.588. The third-order valence-corrected chi connectivity index (χ3v) is 4.18. The zero-order valence-corrected chi connectivity index (χ0v) is 12.8. The predicted octanol–water partition coefficient (Wildman–Crippen LogP) is 2.41. The van der Waals surface area contributed by atoms with Crippen molar-refractivity contribution in [1.29, 1.82) is 5.26 Å². The van der Waals surface area contributed by atoms with Gasteiger partial charge in [-0.3, -0.25) is 0 Å². The number of nitrogens with one attached hydrogen (secondary N) is 1. The number of aliphatic hydroxyl groups excluding tert-OH is 1.